The van der Waals surface area contributed by atoms with Gasteiger partial charge in [0, 0.05) is 51.9 Å². The Morgan fingerprint density at radius 3 is 2.04 bits per heavy atom. The highest BCUT2D eigenvalue weighted by molar-refractivity contribution is 6.07. The van der Waals surface area contributed by atoms with Crippen molar-refractivity contribution in [2.24, 2.45) is 44.3 Å². The molecule has 0 aromatic rings. The summed E-state index contributed by atoms with van der Waals surface area (Å²) in [4.78, 5) is 2.54. The highest BCUT2D eigenvalue weighted by atomic mass is 15.2. The predicted octanol–water partition coefficient (Wildman–Crippen LogP) is 12.8. The fourth-order valence-corrected chi connectivity index (χ4v) is 10.9. The summed E-state index contributed by atoms with van der Waals surface area (Å²) < 4.78 is 2.52. The molecule has 0 amide bonds. The summed E-state index contributed by atoms with van der Waals surface area (Å²) in [5, 5.41) is 0. The SMILES string of the molecule is CCC1=C2N(C)C3=C(C=CC(C)(C(C)C)C=C3)C2(C)C(C)(C)CC1=CC=CC1=C(C)C2=[N+](C)C3=C(C=CC(C)(CC(C)C)C=C3)C2(C)C(C)(C)C1. The average Bonchev–Trinajstić information content (AvgIpc) is 3.19. The van der Waals surface area contributed by atoms with E-state index in [2.05, 4.69) is 187 Å². The van der Waals surface area contributed by atoms with Crippen molar-refractivity contribution in [3.05, 3.63) is 117 Å². The van der Waals surface area contributed by atoms with Crippen LogP contribution in [0.2, 0.25) is 0 Å². The Morgan fingerprint density at radius 1 is 0.804 bits per heavy atom. The molecule has 0 spiro atoms. The van der Waals surface area contributed by atoms with Crippen LogP contribution in [0.4, 0.5) is 0 Å². The minimum absolute atomic E-state index is 0.0483. The molecule has 0 aromatic heterocycles. The van der Waals surface area contributed by atoms with Crippen LogP contribution < -0.4 is 0 Å². The van der Waals surface area contributed by atoms with E-state index in [4.69, 9.17) is 0 Å². The first-order valence-corrected chi connectivity index (χ1v) is 20.0. The zero-order valence-corrected chi connectivity index (χ0v) is 35.2. The van der Waals surface area contributed by atoms with Gasteiger partial charge in [-0.2, -0.15) is 4.58 Å². The summed E-state index contributed by atoms with van der Waals surface area (Å²) in [6.07, 6.45) is 31.3. The van der Waals surface area contributed by atoms with Crippen LogP contribution in [0.3, 0.4) is 0 Å². The van der Waals surface area contributed by atoms with Crippen molar-refractivity contribution in [3.8, 4) is 0 Å². The quantitative estimate of drug-likeness (QED) is 0.252. The van der Waals surface area contributed by atoms with E-state index in [1.54, 1.807) is 0 Å². The first-order chi connectivity index (χ1) is 23.6. The summed E-state index contributed by atoms with van der Waals surface area (Å²) >= 11 is 0. The summed E-state index contributed by atoms with van der Waals surface area (Å²) in [6.45, 7) is 33.9. The Balaban J connectivity index is 1.38. The third-order valence-electron chi connectivity index (χ3n) is 15.0. The molecular weight excluding hydrogens is 617 g/mol. The number of likely N-dealkylation sites (N-methyl/N-ethyl adjacent to an activating group) is 2. The Kier molecular flexibility index (Phi) is 9.01. The molecule has 0 bridgehead atoms. The van der Waals surface area contributed by atoms with Crippen LogP contribution in [-0.4, -0.2) is 29.3 Å². The molecule has 2 nitrogen and oxygen atoms in total. The molecule has 0 saturated heterocycles. The van der Waals surface area contributed by atoms with E-state index in [9.17, 15) is 0 Å². The first kappa shape index (κ1) is 37.6. The van der Waals surface area contributed by atoms with Gasteiger partial charge >= 0.3 is 0 Å². The van der Waals surface area contributed by atoms with E-state index in [0.29, 0.717) is 11.8 Å². The summed E-state index contributed by atoms with van der Waals surface area (Å²) in [5.41, 5.74) is 14.8. The van der Waals surface area contributed by atoms with Crippen LogP contribution in [0.1, 0.15) is 123 Å². The maximum absolute atomic E-state index is 2.54. The molecule has 6 rings (SSSR count). The number of hydrogen-bond acceptors (Lipinski definition) is 1. The molecule has 0 radical (unpaired) electrons. The maximum Gasteiger partial charge on any atom is 0.209 e. The predicted molar refractivity (Wildman–Crippen MR) is 220 cm³/mol. The van der Waals surface area contributed by atoms with Crippen molar-refractivity contribution in [1.29, 1.82) is 0 Å². The standard InChI is InChI=1S/C49H69N2/c1-17-37-36(31-45(9,10)49(14)39-22-27-47(12,33(4)5)28-24-41(39)51(16)43(37)49)20-18-19-35-30-44(7,8)48(13)38-21-25-46(11,29-32(2)3)26-23-40(38)50(15)42(48)34(35)6/h18-28,32-33H,17,29-31H2,1-16H3/q+1. The van der Waals surface area contributed by atoms with Crippen LogP contribution in [0.25, 0.3) is 0 Å². The smallest absolute Gasteiger partial charge is 0.209 e. The third kappa shape index (κ3) is 5.43. The molecule has 2 aliphatic heterocycles. The molecular formula is C49H69N2+. The lowest BCUT2D eigenvalue weighted by molar-refractivity contribution is -0.436. The van der Waals surface area contributed by atoms with E-state index >= 15 is 0 Å². The molecule has 4 aliphatic carbocycles. The fraction of sp³-hybridized carbons (Fsp3) is 0.571. The van der Waals surface area contributed by atoms with Gasteiger partial charge in [-0.15, -0.1) is 0 Å². The monoisotopic (exact) mass is 686 g/mol. The molecule has 6 aliphatic rings. The van der Waals surface area contributed by atoms with E-state index in [1.165, 1.54) is 56.2 Å². The number of nitrogens with zero attached hydrogens (tertiary/aromatic N) is 2. The van der Waals surface area contributed by atoms with E-state index < -0.39 is 0 Å². The maximum atomic E-state index is 2.54. The van der Waals surface area contributed by atoms with Gasteiger partial charge in [0.15, 0.2) is 5.71 Å². The first-order valence-electron chi connectivity index (χ1n) is 20.0. The molecule has 2 heteroatoms. The molecule has 274 valence electrons. The topological polar surface area (TPSA) is 6.25 Å². The lowest BCUT2D eigenvalue weighted by Crippen LogP contribution is -2.47. The van der Waals surface area contributed by atoms with E-state index in [0.717, 1.165) is 25.7 Å². The van der Waals surface area contributed by atoms with E-state index in [1.807, 2.05) is 0 Å². The third-order valence-corrected chi connectivity index (χ3v) is 15.0. The van der Waals surface area contributed by atoms with Crippen LogP contribution in [0.15, 0.2) is 117 Å². The Hall–Kier alpha value is -3.13. The second-order valence-electron chi connectivity index (χ2n) is 19.8. The second kappa shape index (κ2) is 12.2. The zero-order valence-electron chi connectivity index (χ0n) is 35.2. The van der Waals surface area contributed by atoms with E-state index in [-0.39, 0.29) is 32.5 Å². The van der Waals surface area contributed by atoms with Crippen molar-refractivity contribution in [2.45, 2.75) is 123 Å². The highest BCUT2D eigenvalue weighted by Crippen LogP contribution is 2.65. The summed E-state index contributed by atoms with van der Waals surface area (Å²) in [6, 6.07) is 0. The Bertz CT molecular complexity index is 1880. The Morgan fingerprint density at radius 2 is 1.41 bits per heavy atom. The van der Waals surface area contributed by atoms with Gasteiger partial charge in [0.1, 0.15) is 7.05 Å². The molecule has 4 atom stereocenters. The molecule has 4 unspecified atom stereocenters. The summed E-state index contributed by atoms with van der Waals surface area (Å²) in [5.74, 6) is 1.20. The van der Waals surface area contributed by atoms with Gasteiger partial charge in [0.05, 0.1) is 5.41 Å². The van der Waals surface area contributed by atoms with Gasteiger partial charge in [-0.3, -0.25) is 0 Å². The van der Waals surface area contributed by atoms with Crippen molar-refractivity contribution in [2.75, 3.05) is 14.1 Å². The largest absolute Gasteiger partial charge is 0.347 e. The van der Waals surface area contributed by atoms with Gasteiger partial charge < -0.3 is 4.90 Å². The van der Waals surface area contributed by atoms with Crippen molar-refractivity contribution in [1.82, 2.24) is 4.90 Å². The minimum Gasteiger partial charge on any atom is -0.347 e. The van der Waals surface area contributed by atoms with Crippen molar-refractivity contribution in [3.63, 3.8) is 0 Å². The Labute approximate surface area is 312 Å². The number of hydrogen-bond donors (Lipinski definition) is 0. The van der Waals surface area contributed by atoms with Gasteiger partial charge in [0.2, 0.25) is 5.70 Å². The lowest BCUT2D eigenvalue weighted by atomic mass is 9.54. The fourth-order valence-electron chi connectivity index (χ4n) is 10.9. The molecule has 51 heavy (non-hydrogen) atoms. The zero-order chi connectivity index (χ0) is 37.7. The van der Waals surface area contributed by atoms with Crippen LogP contribution in [0, 0.1) is 44.3 Å². The summed E-state index contributed by atoms with van der Waals surface area (Å²) in [7, 11) is 4.61. The van der Waals surface area contributed by atoms with Gasteiger partial charge in [0.25, 0.3) is 0 Å². The van der Waals surface area contributed by atoms with Crippen LogP contribution in [-0.2, 0) is 0 Å². The minimum atomic E-state index is -0.0495. The van der Waals surface area contributed by atoms with Gasteiger partial charge in [-0.05, 0) is 97.5 Å². The van der Waals surface area contributed by atoms with Crippen molar-refractivity contribution >= 4 is 5.71 Å². The second-order valence-corrected chi connectivity index (χ2v) is 19.8. The molecule has 0 saturated carbocycles. The molecule has 0 N–H and O–H groups in total. The number of rotatable bonds is 6. The number of allylic oxidation sites excluding steroid dienone is 17. The lowest BCUT2D eigenvalue weighted by Gasteiger charge is -2.50. The van der Waals surface area contributed by atoms with Gasteiger partial charge in [-0.1, -0.05) is 131 Å². The molecule has 0 aromatic carbocycles. The normalized spacial score (nSPS) is 34.9. The van der Waals surface area contributed by atoms with Crippen molar-refractivity contribution < 1.29 is 4.58 Å². The highest BCUT2D eigenvalue weighted by Gasteiger charge is 2.60. The van der Waals surface area contributed by atoms with Gasteiger partial charge in [-0.25, -0.2) is 0 Å². The molecule has 0 fully saturated rings. The van der Waals surface area contributed by atoms with Crippen LogP contribution >= 0.6 is 0 Å². The van der Waals surface area contributed by atoms with Crippen LogP contribution in [0.5, 0.6) is 0 Å². The number of fused-ring (bicyclic) bond motifs is 4. The average molecular weight is 686 g/mol. The molecule has 2 heterocycles.